The summed E-state index contributed by atoms with van der Waals surface area (Å²) in [6, 6.07) is 0. The number of carboxylic acid groups (broad SMARTS) is 1. The van der Waals surface area contributed by atoms with E-state index in [4.69, 9.17) is 5.11 Å². The molecule has 2 rings (SSSR count). The van der Waals surface area contributed by atoms with Crippen LogP contribution in [0.25, 0.3) is 11.0 Å². The first-order valence-electron chi connectivity index (χ1n) is 5.52. The first-order valence-corrected chi connectivity index (χ1v) is 6.74. The molecule has 0 saturated heterocycles. The Kier molecular flexibility index (Phi) is 3.75. The first-order chi connectivity index (χ1) is 9.51. The van der Waals surface area contributed by atoms with E-state index in [9.17, 15) is 14.7 Å². The number of fused-ring (bicyclic) bond motifs is 1. The molecule has 0 aliphatic carbocycles. The van der Waals surface area contributed by atoms with E-state index in [1.165, 1.54) is 24.0 Å². The Hall–Kier alpha value is -2.35. The van der Waals surface area contributed by atoms with Gasteiger partial charge in [-0.3, -0.25) is 9.36 Å². The average Bonchev–Trinajstić information content (AvgIpc) is 2.42. The normalized spacial score (nSPS) is 10.7. The van der Waals surface area contributed by atoms with Crippen LogP contribution in [0.2, 0.25) is 0 Å². The van der Waals surface area contributed by atoms with E-state index in [1.807, 2.05) is 0 Å². The van der Waals surface area contributed by atoms with Crippen molar-refractivity contribution in [3.63, 3.8) is 0 Å². The van der Waals surface area contributed by atoms with Crippen LogP contribution < -0.4 is 5.56 Å². The van der Waals surface area contributed by atoms with Gasteiger partial charge in [0.1, 0.15) is 5.75 Å². The highest BCUT2D eigenvalue weighted by atomic mass is 32.2. The van der Waals surface area contributed by atoms with Gasteiger partial charge in [0.05, 0.1) is 5.39 Å². The molecule has 0 spiro atoms. The summed E-state index contributed by atoms with van der Waals surface area (Å²) in [6.07, 6.45) is 4.52. The predicted molar refractivity (Wildman–Crippen MR) is 74.4 cm³/mol. The van der Waals surface area contributed by atoms with Crippen molar-refractivity contribution in [3.05, 3.63) is 34.8 Å². The van der Waals surface area contributed by atoms with Gasteiger partial charge in [-0.25, -0.2) is 14.8 Å². The summed E-state index contributed by atoms with van der Waals surface area (Å²) in [5, 5.41) is 19.5. The summed E-state index contributed by atoms with van der Waals surface area (Å²) in [7, 11) is 0. The number of nitrogens with zero attached hydrogens (tertiary/aromatic N) is 3. The molecular formula is C12H11N3O4S. The fourth-order valence-electron chi connectivity index (χ4n) is 1.79. The molecule has 0 unspecified atom stereocenters. The van der Waals surface area contributed by atoms with Crippen molar-refractivity contribution in [2.24, 2.45) is 0 Å². The Bertz CT molecular complexity index is 769. The second kappa shape index (κ2) is 5.33. The fraction of sp³-hybridized carbons (Fsp3) is 0.167. The van der Waals surface area contributed by atoms with E-state index >= 15 is 0 Å². The maximum atomic E-state index is 12.1. The molecule has 0 aromatic carbocycles. The lowest BCUT2D eigenvalue weighted by molar-refractivity contribution is 0.0691. The minimum Gasteiger partial charge on any atom is -0.506 e. The number of thioether (sulfide) groups is 1. The van der Waals surface area contributed by atoms with Crippen LogP contribution >= 0.6 is 11.8 Å². The largest absolute Gasteiger partial charge is 0.506 e. The zero-order valence-electron chi connectivity index (χ0n) is 10.5. The molecule has 2 heterocycles. The Morgan fingerprint density at radius 3 is 2.85 bits per heavy atom. The summed E-state index contributed by atoms with van der Waals surface area (Å²) in [6.45, 7) is 3.61. The molecule has 20 heavy (non-hydrogen) atoms. The van der Waals surface area contributed by atoms with Crippen LogP contribution in [0, 0.1) is 0 Å². The van der Waals surface area contributed by atoms with E-state index in [0.717, 1.165) is 4.57 Å². The molecule has 104 valence electrons. The molecule has 0 bridgehead atoms. The highest BCUT2D eigenvalue weighted by Crippen LogP contribution is 2.25. The van der Waals surface area contributed by atoms with Crippen LogP contribution in [0.5, 0.6) is 5.75 Å². The number of pyridine rings is 1. The minimum atomic E-state index is -1.50. The van der Waals surface area contributed by atoms with E-state index in [0.29, 0.717) is 5.16 Å². The maximum Gasteiger partial charge on any atom is 0.345 e. The molecule has 0 saturated carbocycles. The summed E-state index contributed by atoms with van der Waals surface area (Å²) >= 11 is 1.27. The van der Waals surface area contributed by atoms with Crippen molar-refractivity contribution < 1.29 is 15.0 Å². The molecular weight excluding hydrogens is 282 g/mol. The molecule has 7 nitrogen and oxygen atoms in total. The van der Waals surface area contributed by atoms with Crippen molar-refractivity contribution in [3.8, 4) is 5.75 Å². The number of aromatic carboxylic acids is 1. The summed E-state index contributed by atoms with van der Waals surface area (Å²) in [5.74, 6) is -2.12. The van der Waals surface area contributed by atoms with Crippen molar-refractivity contribution >= 4 is 28.8 Å². The van der Waals surface area contributed by atoms with Crippen LogP contribution in [0.1, 0.15) is 10.4 Å². The van der Waals surface area contributed by atoms with E-state index in [2.05, 4.69) is 16.5 Å². The van der Waals surface area contributed by atoms with Gasteiger partial charge in [0.25, 0.3) is 5.56 Å². The molecule has 2 N–H and O–H groups in total. The summed E-state index contributed by atoms with van der Waals surface area (Å²) < 4.78 is 1.15. The fourth-order valence-corrected chi connectivity index (χ4v) is 2.12. The Morgan fingerprint density at radius 1 is 1.60 bits per heavy atom. The molecule has 8 heteroatoms. The Morgan fingerprint density at radius 2 is 2.30 bits per heavy atom. The van der Waals surface area contributed by atoms with Gasteiger partial charge in [0.2, 0.25) is 0 Å². The van der Waals surface area contributed by atoms with Gasteiger partial charge < -0.3 is 10.2 Å². The van der Waals surface area contributed by atoms with Gasteiger partial charge in [0.15, 0.2) is 16.4 Å². The monoisotopic (exact) mass is 293 g/mol. The third-order valence-electron chi connectivity index (χ3n) is 2.66. The third kappa shape index (κ3) is 2.14. The number of aromatic nitrogens is 3. The molecule has 2 aromatic rings. The number of carbonyl (C=O) groups is 1. The maximum absolute atomic E-state index is 12.1. The molecule has 0 radical (unpaired) electrons. The zero-order valence-corrected chi connectivity index (χ0v) is 11.3. The SMILES string of the molecule is C=CCn1c(=O)c(C(=O)O)c(O)c2cnc(SC)nc21. The van der Waals surface area contributed by atoms with Crippen molar-refractivity contribution in [1.82, 2.24) is 14.5 Å². The number of allylic oxidation sites excluding steroid dienone is 1. The second-order valence-corrected chi connectivity index (χ2v) is 4.60. The van der Waals surface area contributed by atoms with E-state index in [1.54, 1.807) is 6.26 Å². The lowest BCUT2D eigenvalue weighted by Gasteiger charge is -2.11. The predicted octanol–water partition coefficient (Wildman–Crippen LogP) is 1.10. The third-order valence-corrected chi connectivity index (χ3v) is 3.22. The summed E-state index contributed by atoms with van der Waals surface area (Å²) in [4.78, 5) is 31.4. The van der Waals surface area contributed by atoms with Crippen molar-refractivity contribution in [2.75, 3.05) is 6.26 Å². The standard InChI is InChI=1S/C12H11N3O4S/c1-3-4-15-9-6(5-13-12(14-9)20-2)8(16)7(10(15)17)11(18)19/h3,5,16H,1,4H2,2H3,(H,18,19). The second-order valence-electron chi connectivity index (χ2n) is 3.83. The number of hydrogen-bond donors (Lipinski definition) is 2. The average molecular weight is 293 g/mol. The molecule has 0 aliphatic rings. The van der Waals surface area contributed by atoms with Crippen molar-refractivity contribution in [2.45, 2.75) is 11.7 Å². The lowest BCUT2D eigenvalue weighted by atomic mass is 10.2. The number of hydrogen-bond acceptors (Lipinski definition) is 6. The van der Waals surface area contributed by atoms with Crippen molar-refractivity contribution in [1.29, 1.82) is 0 Å². The quantitative estimate of drug-likeness (QED) is 0.494. The molecule has 0 aliphatic heterocycles. The van der Waals surface area contributed by atoms with E-state index < -0.39 is 22.8 Å². The highest BCUT2D eigenvalue weighted by molar-refractivity contribution is 7.98. The van der Waals surface area contributed by atoms with Gasteiger partial charge in [-0.2, -0.15) is 0 Å². The number of aromatic hydroxyl groups is 1. The van der Waals surface area contributed by atoms with E-state index in [-0.39, 0.29) is 17.6 Å². The van der Waals surface area contributed by atoms with Gasteiger partial charge in [-0.1, -0.05) is 17.8 Å². The minimum absolute atomic E-state index is 0.0841. The lowest BCUT2D eigenvalue weighted by Crippen LogP contribution is -2.27. The molecule has 0 amide bonds. The van der Waals surface area contributed by atoms with Gasteiger partial charge in [0, 0.05) is 12.7 Å². The molecule has 0 fully saturated rings. The van der Waals surface area contributed by atoms with Crippen LogP contribution in [-0.4, -0.2) is 37.0 Å². The highest BCUT2D eigenvalue weighted by Gasteiger charge is 2.22. The molecule has 2 aromatic heterocycles. The smallest absolute Gasteiger partial charge is 0.345 e. The summed E-state index contributed by atoms with van der Waals surface area (Å²) in [5.41, 5.74) is -1.34. The molecule has 0 atom stereocenters. The first kappa shape index (κ1) is 14.1. The Labute approximate surface area is 117 Å². The topological polar surface area (TPSA) is 105 Å². The zero-order chi connectivity index (χ0) is 14.9. The Balaban J connectivity index is 2.98. The van der Waals surface area contributed by atoms with Gasteiger partial charge in [-0.15, -0.1) is 6.58 Å². The van der Waals surface area contributed by atoms with Crippen LogP contribution in [0.15, 0.2) is 28.8 Å². The van der Waals surface area contributed by atoms with Crippen LogP contribution in [0.3, 0.4) is 0 Å². The number of rotatable bonds is 4. The van der Waals surface area contributed by atoms with Gasteiger partial charge >= 0.3 is 5.97 Å². The van der Waals surface area contributed by atoms with Gasteiger partial charge in [-0.05, 0) is 6.26 Å². The van der Waals surface area contributed by atoms with Crippen LogP contribution in [0.4, 0.5) is 0 Å². The number of carboxylic acids is 1. The van der Waals surface area contributed by atoms with Crippen LogP contribution in [-0.2, 0) is 6.54 Å².